The number of nitrogen functional groups attached to an aromatic ring is 1. The lowest BCUT2D eigenvalue weighted by molar-refractivity contribution is 0.0963. The highest BCUT2D eigenvalue weighted by Gasteiger charge is 2.16. The predicted octanol–water partition coefficient (Wildman–Crippen LogP) is 0.995. The van der Waals surface area contributed by atoms with Gasteiger partial charge in [-0.2, -0.15) is 5.26 Å². The minimum atomic E-state index is -0.181. The Morgan fingerprint density at radius 2 is 2.25 bits per heavy atom. The maximum absolute atomic E-state index is 11.9. The van der Waals surface area contributed by atoms with Crippen molar-refractivity contribution in [3.8, 4) is 6.07 Å². The van der Waals surface area contributed by atoms with Crippen LogP contribution in [0.1, 0.15) is 16.8 Å². The molecule has 0 atom stereocenters. The molecule has 0 aliphatic heterocycles. The third-order valence-electron chi connectivity index (χ3n) is 2.89. The van der Waals surface area contributed by atoms with E-state index in [0.717, 1.165) is 5.69 Å². The van der Waals surface area contributed by atoms with Crippen molar-refractivity contribution in [2.45, 2.75) is 6.42 Å². The largest absolute Gasteiger partial charge is 0.399 e. The minimum Gasteiger partial charge on any atom is -0.399 e. The van der Waals surface area contributed by atoms with Crippen LogP contribution in [0.25, 0.3) is 0 Å². The fourth-order valence-corrected chi connectivity index (χ4v) is 1.88. The Balaban J connectivity index is 3.11. The number of anilines is 2. The van der Waals surface area contributed by atoms with Gasteiger partial charge >= 0.3 is 0 Å². The van der Waals surface area contributed by atoms with Crippen LogP contribution in [0, 0.1) is 11.3 Å². The number of carbonyl (C=O) groups excluding carboxylic acids is 1. The molecule has 1 amide bonds. The van der Waals surface area contributed by atoms with Crippen molar-refractivity contribution >= 4 is 17.3 Å². The second-order valence-electron chi connectivity index (χ2n) is 4.24. The molecule has 0 bridgehead atoms. The van der Waals surface area contributed by atoms with Gasteiger partial charge in [-0.3, -0.25) is 4.79 Å². The van der Waals surface area contributed by atoms with Crippen molar-refractivity contribution in [2.75, 3.05) is 44.5 Å². The smallest absolute Gasteiger partial charge is 0.253 e. The van der Waals surface area contributed by atoms with E-state index >= 15 is 0 Å². The van der Waals surface area contributed by atoms with E-state index in [1.54, 1.807) is 32.4 Å². The molecule has 1 rings (SSSR count). The average molecular weight is 276 g/mol. The highest BCUT2D eigenvalue weighted by Crippen LogP contribution is 2.24. The van der Waals surface area contributed by atoms with Gasteiger partial charge in [-0.25, -0.2) is 0 Å². The Morgan fingerprint density at radius 3 is 2.85 bits per heavy atom. The van der Waals surface area contributed by atoms with Gasteiger partial charge < -0.3 is 20.7 Å². The molecule has 0 saturated heterocycles. The van der Waals surface area contributed by atoms with Crippen LogP contribution in [-0.2, 0) is 4.74 Å². The molecule has 1 aromatic rings. The molecule has 20 heavy (non-hydrogen) atoms. The first-order chi connectivity index (χ1) is 9.63. The molecule has 0 spiro atoms. The Labute approximate surface area is 119 Å². The van der Waals surface area contributed by atoms with Gasteiger partial charge in [-0.05, 0) is 18.2 Å². The standard InChI is InChI=1S/C14H20N4O2/c1-17-14(19)12-5-4-11(16)10-13(12)18(7-3-6-15)8-9-20-2/h4-5,10H,3,7-9,16H2,1-2H3,(H,17,19). The number of carbonyl (C=O) groups is 1. The van der Waals surface area contributed by atoms with Gasteiger partial charge in [0.05, 0.1) is 30.3 Å². The predicted molar refractivity (Wildman–Crippen MR) is 78.6 cm³/mol. The highest BCUT2D eigenvalue weighted by atomic mass is 16.5. The molecule has 0 aliphatic carbocycles. The highest BCUT2D eigenvalue weighted by molar-refractivity contribution is 6.00. The van der Waals surface area contributed by atoms with E-state index in [2.05, 4.69) is 11.4 Å². The number of amides is 1. The average Bonchev–Trinajstić information content (AvgIpc) is 2.46. The Bertz CT molecular complexity index is 496. The molecule has 0 aromatic heterocycles. The van der Waals surface area contributed by atoms with Gasteiger partial charge in [-0.1, -0.05) is 0 Å². The summed E-state index contributed by atoms with van der Waals surface area (Å²) in [4.78, 5) is 13.9. The van der Waals surface area contributed by atoms with E-state index in [0.29, 0.717) is 37.4 Å². The molecular weight excluding hydrogens is 256 g/mol. The normalized spacial score (nSPS) is 9.85. The molecule has 108 valence electrons. The van der Waals surface area contributed by atoms with E-state index in [1.807, 2.05) is 4.90 Å². The molecular formula is C14H20N4O2. The summed E-state index contributed by atoms with van der Waals surface area (Å²) in [6.45, 7) is 1.62. The lowest BCUT2D eigenvalue weighted by Gasteiger charge is -2.26. The quantitative estimate of drug-likeness (QED) is 0.725. The lowest BCUT2D eigenvalue weighted by Crippen LogP contribution is -2.31. The summed E-state index contributed by atoms with van der Waals surface area (Å²) in [6.07, 6.45) is 0.367. The van der Waals surface area contributed by atoms with E-state index in [9.17, 15) is 4.79 Å². The topological polar surface area (TPSA) is 91.4 Å². The van der Waals surface area contributed by atoms with Gasteiger partial charge in [0.2, 0.25) is 0 Å². The molecule has 0 unspecified atom stereocenters. The van der Waals surface area contributed by atoms with Crippen LogP contribution in [0.3, 0.4) is 0 Å². The number of hydrogen-bond acceptors (Lipinski definition) is 5. The number of nitrogens with zero attached hydrogens (tertiary/aromatic N) is 2. The summed E-state index contributed by atoms with van der Waals surface area (Å²) in [5.74, 6) is -0.181. The number of ether oxygens (including phenoxy) is 1. The third-order valence-corrected chi connectivity index (χ3v) is 2.89. The van der Waals surface area contributed by atoms with Crippen LogP contribution in [0.5, 0.6) is 0 Å². The zero-order valence-electron chi connectivity index (χ0n) is 11.8. The number of benzene rings is 1. The van der Waals surface area contributed by atoms with Crippen LogP contribution in [0.4, 0.5) is 11.4 Å². The molecule has 6 nitrogen and oxygen atoms in total. The summed E-state index contributed by atoms with van der Waals surface area (Å²) in [7, 11) is 3.19. The van der Waals surface area contributed by atoms with Gasteiger partial charge in [0.15, 0.2) is 0 Å². The molecule has 6 heteroatoms. The van der Waals surface area contributed by atoms with Crippen molar-refractivity contribution in [3.05, 3.63) is 23.8 Å². The van der Waals surface area contributed by atoms with Crippen molar-refractivity contribution in [3.63, 3.8) is 0 Å². The fraction of sp³-hybridized carbons (Fsp3) is 0.429. The van der Waals surface area contributed by atoms with E-state index in [1.165, 1.54) is 0 Å². The van der Waals surface area contributed by atoms with E-state index < -0.39 is 0 Å². The second kappa shape index (κ2) is 8.02. The Morgan fingerprint density at radius 1 is 1.50 bits per heavy atom. The third kappa shape index (κ3) is 4.14. The molecule has 0 aliphatic rings. The minimum absolute atomic E-state index is 0.181. The van der Waals surface area contributed by atoms with Gasteiger partial charge in [0.1, 0.15) is 0 Å². The molecule has 0 fully saturated rings. The lowest BCUT2D eigenvalue weighted by atomic mass is 10.1. The van der Waals surface area contributed by atoms with Gasteiger partial charge in [0, 0.05) is 32.9 Å². The van der Waals surface area contributed by atoms with Crippen LogP contribution in [0.15, 0.2) is 18.2 Å². The summed E-state index contributed by atoms with van der Waals surface area (Å²) in [6, 6.07) is 7.23. The molecule has 3 N–H and O–H groups in total. The second-order valence-corrected chi connectivity index (χ2v) is 4.24. The van der Waals surface area contributed by atoms with Gasteiger partial charge in [-0.15, -0.1) is 0 Å². The van der Waals surface area contributed by atoms with Crippen molar-refractivity contribution < 1.29 is 9.53 Å². The Hall–Kier alpha value is -2.26. The van der Waals surface area contributed by atoms with Crippen LogP contribution in [0.2, 0.25) is 0 Å². The fourth-order valence-electron chi connectivity index (χ4n) is 1.88. The molecule has 0 radical (unpaired) electrons. The summed E-state index contributed by atoms with van der Waals surface area (Å²) in [5, 5.41) is 11.4. The maximum Gasteiger partial charge on any atom is 0.253 e. The number of rotatable bonds is 7. The SMILES string of the molecule is CNC(=O)c1ccc(N)cc1N(CCC#N)CCOC. The Kier molecular flexibility index (Phi) is 6.33. The van der Waals surface area contributed by atoms with Crippen molar-refractivity contribution in [2.24, 2.45) is 0 Å². The number of hydrogen-bond donors (Lipinski definition) is 2. The van der Waals surface area contributed by atoms with E-state index in [-0.39, 0.29) is 5.91 Å². The molecule has 1 aromatic carbocycles. The van der Waals surface area contributed by atoms with Crippen molar-refractivity contribution in [1.82, 2.24) is 5.32 Å². The number of nitriles is 1. The van der Waals surface area contributed by atoms with Gasteiger partial charge in [0.25, 0.3) is 5.91 Å². The first-order valence-corrected chi connectivity index (χ1v) is 6.36. The van der Waals surface area contributed by atoms with Crippen LogP contribution in [-0.4, -0.2) is 39.8 Å². The zero-order chi connectivity index (χ0) is 15.0. The number of nitrogens with one attached hydrogen (secondary N) is 1. The molecule has 0 heterocycles. The first kappa shape index (κ1) is 15.8. The maximum atomic E-state index is 11.9. The summed E-state index contributed by atoms with van der Waals surface area (Å²) >= 11 is 0. The first-order valence-electron chi connectivity index (χ1n) is 6.36. The summed E-state index contributed by atoms with van der Waals surface area (Å²) < 4.78 is 5.07. The van der Waals surface area contributed by atoms with Crippen LogP contribution < -0.4 is 16.0 Å². The van der Waals surface area contributed by atoms with Crippen LogP contribution >= 0.6 is 0 Å². The monoisotopic (exact) mass is 276 g/mol. The molecule has 0 saturated carbocycles. The number of nitrogens with two attached hydrogens (primary N) is 1. The number of methoxy groups -OCH3 is 1. The van der Waals surface area contributed by atoms with Crippen molar-refractivity contribution in [1.29, 1.82) is 5.26 Å². The zero-order valence-corrected chi connectivity index (χ0v) is 11.8. The summed E-state index contributed by atoms with van der Waals surface area (Å²) in [5.41, 5.74) is 7.64. The van der Waals surface area contributed by atoms with E-state index in [4.69, 9.17) is 15.7 Å².